The standard InChI is InChI=1S/C6H6BrF3N2O/c1-12-3(2-4(7)11-12)5(13)6(8,9)10/h2,5,13H,1H3. The number of aliphatic hydroxyl groups is 1. The van der Waals surface area contributed by atoms with Crippen molar-refractivity contribution >= 4 is 15.9 Å². The van der Waals surface area contributed by atoms with Gasteiger partial charge in [0.05, 0.1) is 5.69 Å². The highest BCUT2D eigenvalue weighted by Crippen LogP contribution is 2.32. The van der Waals surface area contributed by atoms with Gasteiger partial charge in [-0.25, -0.2) is 0 Å². The number of hydrogen-bond acceptors (Lipinski definition) is 2. The lowest BCUT2D eigenvalue weighted by molar-refractivity contribution is -0.208. The second-order valence-corrected chi connectivity index (χ2v) is 3.27. The molecule has 1 atom stereocenters. The number of aromatic nitrogens is 2. The Morgan fingerprint density at radius 1 is 1.62 bits per heavy atom. The minimum Gasteiger partial charge on any atom is -0.378 e. The Hall–Kier alpha value is -0.560. The van der Waals surface area contributed by atoms with Crippen LogP contribution in [0, 0.1) is 0 Å². The number of alkyl halides is 3. The fourth-order valence-electron chi connectivity index (χ4n) is 0.869. The third kappa shape index (κ3) is 2.22. The fourth-order valence-corrected chi connectivity index (χ4v) is 1.34. The molecule has 0 radical (unpaired) electrons. The van der Waals surface area contributed by atoms with Crippen LogP contribution in [0.2, 0.25) is 0 Å². The van der Waals surface area contributed by atoms with E-state index in [4.69, 9.17) is 5.11 Å². The number of hydrogen-bond donors (Lipinski definition) is 1. The number of halogens is 4. The predicted octanol–water partition coefficient (Wildman–Crippen LogP) is 1.78. The van der Waals surface area contributed by atoms with E-state index >= 15 is 0 Å². The van der Waals surface area contributed by atoms with Crippen LogP contribution in [-0.2, 0) is 7.05 Å². The third-order valence-electron chi connectivity index (χ3n) is 1.48. The largest absolute Gasteiger partial charge is 0.420 e. The van der Waals surface area contributed by atoms with Crippen molar-refractivity contribution in [2.75, 3.05) is 0 Å². The molecule has 0 saturated heterocycles. The molecule has 0 aliphatic rings. The summed E-state index contributed by atoms with van der Waals surface area (Å²) in [6.07, 6.45) is -7.15. The van der Waals surface area contributed by atoms with Crippen molar-refractivity contribution in [3.05, 3.63) is 16.4 Å². The van der Waals surface area contributed by atoms with Crippen LogP contribution in [0.3, 0.4) is 0 Å². The van der Waals surface area contributed by atoms with Crippen molar-refractivity contribution < 1.29 is 18.3 Å². The highest BCUT2D eigenvalue weighted by Gasteiger charge is 2.41. The summed E-state index contributed by atoms with van der Waals surface area (Å²) in [5, 5.41) is 12.5. The molecule has 7 heteroatoms. The molecule has 1 unspecified atom stereocenters. The van der Waals surface area contributed by atoms with Gasteiger partial charge in [0.15, 0.2) is 6.10 Å². The van der Waals surface area contributed by atoms with Crippen molar-refractivity contribution in [1.82, 2.24) is 9.78 Å². The summed E-state index contributed by atoms with van der Waals surface area (Å²) in [4.78, 5) is 0. The van der Waals surface area contributed by atoms with Gasteiger partial charge in [0.25, 0.3) is 0 Å². The summed E-state index contributed by atoms with van der Waals surface area (Å²) in [6, 6.07) is 1.12. The van der Waals surface area contributed by atoms with E-state index in [1.807, 2.05) is 0 Å². The van der Waals surface area contributed by atoms with Gasteiger partial charge in [0.2, 0.25) is 0 Å². The Morgan fingerprint density at radius 3 is 2.46 bits per heavy atom. The smallest absolute Gasteiger partial charge is 0.378 e. The van der Waals surface area contributed by atoms with Gasteiger partial charge in [-0.1, -0.05) is 0 Å². The van der Waals surface area contributed by atoms with Gasteiger partial charge >= 0.3 is 6.18 Å². The molecule has 1 rings (SSSR count). The summed E-state index contributed by atoms with van der Waals surface area (Å²) in [5.74, 6) is 0. The first-order valence-corrected chi connectivity index (χ1v) is 4.06. The monoisotopic (exact) mass is 258 g/mol. The highest BCUT2D eigenvalue weighted by molar-refractivity contribution is 9.10. The van der Waals surface area contributed by atoms with Gasteiger partial charge in [-0.2, -0.15) is 18.3 Å². The van der Waals surface area contributed by atoms with Crippen LogP contribution in [-0.4, -0.2) is 21.1 Å². The van der Waals surface area contributed by atoms with Crippen molar-refractivity contribution in [3.63, 3.8) is 0 Å². The molecular formula is C6H6BrF3N2O. The lowest BCUT2D eigenvalue weighted by atomic mass is 10.2. The topological polar surface area (TPSA) is 38.0 Å². The molecule has 0 spiro atoms. The van der Waals surface area contributed by atoms with Crippen molar-refractivity contribution in [2.45, 2.75) is 12.3 Å². The summed E-state index contributed by atoms with van der Waals surface area (Å²) in [6.45, 7) is 0. The normalized spacial score (nSPS) is 14.6. The van der Waals surface area contributed by atoms with E-state index in [0.717, 1.165) is 10.7 Å². The summed E-state index contributed by atoms with van der Waals surface area (Å²) in [5.41, 5.74) is -0.292. The molecular weight excluding hydrogens is 253 g/mol. The Labute approximate surface area is 80.3 Å². The quantitative estimate of drug-likeness (QED) is 0.834. The average molecular weight is 259 g/mol. The second-order valence-electron chi connectivity index (χ2n) is 2.46. The Morgan fingerprint density at radius 2 is 2.15 bits per heavy atom. The molecule has 0 aliphatic heterocycles. The molecule has 1 aromatic heterocycles. The van der Waals surface area contributed by atoms with Gasteiger partial charge in [-0.3, -0.25) is 4.68 Å². The van der Waals surface area contributed by atoms with Gasteiger partial charge in [0.1, 0.15) is 4.60 Å². The van der Waals surface area contributed by atoms with E-state index in [1.165, 1.54) is 7.05 Å². The lowest BCUT2D eigenvalue weighted by Crippen LogP contribution is -2.22. The van der Waals surface area contributed by atoms with Crippen molar-refractivity contribution in [1.29, 1.82) is 0 Å². The van der Waals surface area contributed by atoms with Crippen molar-refractivity contribution in [2.24, 2.45) is 7.05 Å². The average Bonchev–Trinajstić information content (AvgIpc) is 2.26. The maximum atomic E-state index is 12.0. The number of aryl methyl sites for hydroxylation is 1. The maximum absolute atomic E-state index is 12.0. The first kappa shape index (κ1) is 10.5. The van der Waals surface area contributed by atoms with E-state index in [2.05, 4.69) is 21.0 Å². The first-order chi connectivity index (χ1) is 5.82. The summed E-state index contributed by atoms with van der Waals surface area (Å²) in [7, 11) is 1.33. The zero-order valence-electron chi connectivity index (χ0n) is 6.51. The Kier molecular flexibility index (Phi) is 2.67. The van der Waals surface area contributed by atoms with Crippen LogP contribution in [0.1, 0.15) is 11.8 Å². The maximum Gasteiger partial charge on any atom is 0.420 e. The SMILES string of the molecule is Cn1nc(Br)cc1C(O)C(F)(F)F. The lowest BCUT2D eigenvalue weighted by Gasteiger charge is -2.13. The zero-order chi connectivity index (χ0) is 10.2. The highest BCUT2D eigenvalue weighted by atomic mass is 79.9. The summed E-state index contributed by atoms with van der Waals surface area (Å²) >= 11 is 2.91. The molecule has 13 heavy (non-hydrogen) atoms. The van der Waals surface area contributed by atoms with Crippen LogP contribution in [0.5, 0.6) is 0 Å². The predicted molar refractivity (Wildman–Crippen MR) is 41.9 cm³/mol. The van der Waals surface area contributed by atoms with E-state index in [9.17, 15) is 13.2 Å². The Bertz CT molecular complexity index is 309. The molecule has 0 fully saturated rings. The molecule has 74 valence electrons. The van der Waals surface area contributed by atoms with E-state index in [-0.39, 0.29) is 10.3 Å². The molecule has 0 saturated carbocycles. The number of aliphatic hydroxyl groups excluding tert-OH is 1. The Balaban J connectivity index is 3.01. The van der Waals surface area contributed by atoms with Crippen LogP contribution >= 0.6 is 15.9 Å². The fraction of sp³-hybridized carbons (Fsp3) is 0.500. The molecule has 1 aromatic rings. The molecule has 0 aliphatic carbocycles. The van der Waals surface area contributed by atoms with Crippen molar-refractivity contribution in [3.8, 4) is 0 Å². The minimum absolute atomic E-state index is 0.258. The van der Waals surface area contributed by atoms with Crippen LogP contribution in [0.15, 0.2) is 10.7 Å². The van der Waals surface area contributed by atoms with Crippen LogP contribution in [0.25, 0.3) is 0 Å². The first-order valence-electron chi connectivity index (χ1n) is 3.26. The van der Waals surface area contributed by atoms with E-state index in [1.54, 1.807) is 0 Å². The molecule has 1 heterocycles. The van der Waals surface area contributed by atoms with Gasteiger partial charge in [0, 0.05) is 7.05 Å². The molecule has 0 bridgehead atoms. The molecule has 0 aromatic carbocycles. The second kappa shape index (κ2) is 3.30. The third-order valence-corrected chi connectivity index (χ3v) is 1.86. The summed E-state index contributed by atoms with van der Waals surface area (Å²) < 4.78 is 37.3. The van der Waals surface area contributed by atoms with Gasteiger partial charge < -0.3 is 5.11 Å². The molecule has 0 amide bonds. The minimum atomic E-state index is -4.66. The van der Waals surface area contributed by atoms with E-state index < -0.39 is 12.3 Å². The van der Waals surface area contributed by atoms with Gasteiger partial charge in [-0.15, -0.1) is 0 Å². The zero-order valence-corrected chi connectivity index (χ0v) is 8.09. The van der Waals surface area contributed by atoms with E-state index in [0.29, 0.717) is 0 Å². The molecule has 3 nitrogen and oxygen atoms in total. The van der Waals surface area contributed by atoms with Gasteiger partial charge in [-0.05, 0) is 22.0 Å². The van der Waals surface area contributed by atoms with Crippen LogP contribution in [0.4, 0.5) is 13.2 Å². The van der Waals surface area contributed by atoms with Crippen LogP contribution < -0.4 is 0 Å². The molecule has 1 N–H and O–H groups in total. The number of rotatable bonds is 1. The number of nitrogens with zero attached hydrogens (tertiary/aromatic N) is 2.